The SMILES string of the molecule is CCC(C)N(CCOC)c1cc(OC(F)F)c(F)cc1N. The van der Waals surface area contributed by atoms with E-state index in [1.165, 1.54) is 6.07 Å². The van der Waals surface area contributed by atoms with Gasteiger partial charge in [0.2, 0.25) is 0 Å². The van der Waals surface area contributed by atoms with E-state index in [0.717, 1.165) is 12.5 Å². The maximum absolute atomic E-state index is 13.6. The summed E-state index contributed by atoms with van der Waals surface area (Å²) < 4.78 is 47.4. The highest BCUT2D eigenvalue weighted by molar-refractivity contribution is 5.70. The van der Waals surface area contributed by atoms with Crippen molar-refractivity contribution in [3.63, 3.8) is 0 Å². The molecule has 1 atom stereocenters. The summed E-state index contributed by atoms with van der Waals surface area (Å²) >= 11 is 0. The number of nitrogens with zero attached hydrogens (tertiary/aromatic N) is 1. The van der Waals surface area contributed by atoms with Gasteiger partial charge in [-0.1, -0.05) is 6.92 Å². The number of nitrogens with two attached hydrogens (primary N) is 1. The van der Waals surface area contributed by atoms with Gasteiger partial charge < -0.3 is 20.1 Å². The average Bonchev–Trinajstić information content (AvgIpc) is 2.42. The second kappa shape index (κ2) is 7.97. The van der Waals surface area contributed by atoms with Crippen LogP contribution in [-0.2, 0) is 4.74 Å². The van der Waals surface area contributed by atoms with Crippen LogP contribution < -0.4 is 15.4 Å². The summed E-state index contributed by atoms with van der Waals surface area (Å²) in [4.78, 5) is 1.89. The van der Waals surface area contributed by atoms with Gasteiger partial charge >= 0.3 is 6.61 Å². The number of benzene rings is 1. The molecule has 0 aliphatic heterocycles. The highest BCUT2D eigenvalue weighted by atomic mass is 19.3. The van der Waals surface area contributed by atoms with E-state index in [0.29, 0.717) is 18.8 Å². The first-order chi connectivity index (χ1) is 9.90. The van der Waals surface area contributed by atoms with Crippen molar-refractivity contribution in [3.05, 3.63) is 17.9 Å². The van der Waals surface area contributed by atoms with Crippen molar-refractivity contribution < 1.29 is 22.6 Å². The highest BCUT2D eigenvalue weighted by Crippen LogP contribution is 2.33. The summed E-state index contributed by atoms with van der Waals surface area (Å²) in [5.74, 6) is -1.42. The van der Waals surface area contributed by atoms with Crippen molar-refractivity contribution in [2.75, 3.05) is 30.9 Å². The summed E-state index contributed by atoms with van der Waals surface area (Å²) in [5, 5.41) is 0. The Morgan fingerprint density at radius 3 is 2.52 bits per heavy atom. The predicted molar refractivity (Wildman–Crippen MR) is 76.4 cm³/mol. The van der Waals surface area contributed by atoms with E-state index >= 15 is 0 Å². The molecule has 0 saturated carbocycles. The Morgan fingerprint density at radius 2 is 2.00 bits per heavy atom. The number of rotatable bonds is 8. The summed E-state index contributed by atoms with van der Waals surface area (Å²) in [6.07, 6.45) is 0.811. The quantitative estimate of drug-likeness (QED) is 0.749. The zero-order valence-corrected chi connectivity index (χ0v) is 12.4. The van der Waals surface area contributed by atoms with Gasteiger partial charge in [0.15, 0.2) is 11.6 Å². The molecule has 0 saturated heterocycles. The lowest BCUT2D eigenvalue weighted by Gasteiger charge is -2.32. The van der Waals surface area contributed by atoms with Crippen molar-refractivity contribution in [2.45, 2.75) is 32.9 Å². The number of hydrogen-bond donors (Lipinski definition) is 1. The molecule has 0 aliphatic rings. The lowest BCUT2D eigenvalue weighted by Crippen LogP contribution is -2.36. The van der Waals surface area contributed by atoms with Gasteiger partial charge in [0.05, 0.1) is 18.0 Å². The molecule has 1 aromatic rings. The van der Waals surface area contributed by atoms with E-state index in [1.807, 2.05) is 18.7 Å². The van der Waals surface area contributed by atoms with Crippen molar-refractivity contribution in [1.82, 2.24) is 0 Å². The van der Waals surface area contributed by atoms with Crippen LogP contribution in [0.3, 0.4) is 0 Å². The zero-order chi connectivity index (χ0) is 16.0. The Balaban J connectivity index is 3.16. The smallest absolute Gasteiger partial charge is 0.387 e. The molecule has 1 aromatic carbocycles. The molecule has 120 valence electrons. The molecule has 0 aromatic heterocycles. The van der Waals surface area contributed by atoms with Crippen LogP contribution in [0.1, 0.15) is 20.3 Å². The first-order valence-electron chi connectivity index (χ1n) is 6.70. The average molecular weight is 306 g/mol. The normalized spacial score (nSPS) is 12.5. The number of anilines is 2. The molecular weight excluding hydrogens is 285 g/mol. The molecule has 0 aliphatic carbocycles. The molecule has 4 nitrogen and oxygen atoms in total. The molecule has 0 bridgehead atoms. The van der Waals surface area contributed by atoms with E-state index in [2.05, 4.69) is 4.74 Å². The van der Waals surface area contributed by atoms with Crippen LogP contribution in [0.25, 0.3) is 0 Å². The molecule has 0 heterocycles. The van der Waals surface area contributed by atoms with Crippen LogP contribution >= 0.6 is 0 Å². The van der Waals surface area contributed by atoms with Gasteiger partial charge in [-0.25, -0.2) is 4.39 Å². The Morgan fingerprint density at radius 1 is 1.33 bits per heavy atom. The van der Waals surface area contributed by atoms with Crippen LogP contribution in [-0.4, -0.2) is 32.9 Å². The van der Waals surface area contributed by atoms with Gasteiger partial charge in [0.25, 0.3) is 0 Å². The fourth-order valence-electron chi connectivity index (χ4n) is 1.98. The van der Waals surface area contributed by atoms with Crippen molar-refractivity contribution >= 4 is 11.4 Å². The third-order valence-electron chi connectivity index (χ3n) is 3.27. The van der Waals surface area contributed by atoms with E-state index in [9.17, 15) is 13.2 Å². The molecule has 0 fully saturated rings. The number of ether oxygens (including phenoxy) is 2. The second-order valence-electron chi connectivity index (χ2n) is 4.66. The lowest BCUT2D eigenvalue weighted by atomic mass is 10.1. The van der Waals surface area contributed by atoms with Crippen LogP contribution in [0.5, 0.6) is 5.75 Å². The molecule has 1 unspecified atom stereocenters. The number of halogens is 3. The van der Waals surface area contributed by atoms with E-state index < -0.39 is 18.2 Å². The number of methoxy groups -OCH3 is 1. The standard InChI is InChI=1S/C14H21F3N2O2/c1-4-9(2)19(5-6-20-3)12-8-13(21-14(16)17)10(15)7-11(12)18/h7-9,14H,4-6,18H2,1-3H3. The van der Waals surface area contributed by atoms with Gasteiger partial charge in [0, 0.05) is 31.8 Å². The first-order valence-corrected chi connectivity index (χ1v) is 6.70. The molecule has 7 heteroatoms. The van der Waals surface area contributed by atoms with Gasteiger partial charge in [0.1, 0.15) is 0 Å². The maximum Gasteiger partial charge on any atom is 0.387 e. The van der Waals surface area contributed by atoms with Gasteiger partial charge in [-0.2, -0.15) is 8.78 Å². The fraction of sp³-hybridized carbons (Fsp3) is 0.571. The predicted octanol–water partition coefficient (Wildman–Crippen LogP) is 3.26. The van der Waals surface area contributed by atoms with Crippen LogP contribution in [0, 0.1) is 5.82 Å². The molecule has 21 heavy (non-hydrogen) atoms. The topological polar surface area (TPSA) is 47.7 Å². The van der Waals surface area contributed by atoms with Crippen molar-refractivity contribution in [2.24, 2.45) is 0 Å². The largest absolute Gasteiger partial charge is 0.432 e. The van der Waals surface area contributed by atoms with Gasteiger partial charge in [-0.05, 0) is 13.3 Å². The van der Waals surface area contributed by atoms with Crippen LogP contribution in [0.2, 0.25) is 0 Å². The first kappa shape index (κ1) is 17.4. The molecule has 0 amide bonds. The Hall–Kier alpha value is -1.63. The second-order valence-corrected chi connectivity index (χ2v) is 4.66. The van der Waals surface area contributed by atoms with E-state index in [4.69, 9.17) is 10.5 Å². The minimum absolute atomic E-state index is 0.0901. The molecular formula is C14H21F3N2O2. The number of hydrogen-bond acceptors (Lipinski definition) is 4. The molecule has 1 rings (SSSR count). The van der Waals surface area contributed by atoms with E-state index in [1.54, 1.807) is 7.11 Å². The molecule has 0 spiro atoms. The zero-order valence-electron chi connectivity index (χ0n) is 12.4. The lowest BCUT2D eigenvalue weighted by molar-refractivity contribution is -0.0521. The fourth-order valence-corrected chi connectivity index (χ4v) is 1.98. The Bertz CT molecular complexity index is 458. The van der Waals surface area contributed by atoms with Gasteiger partial charge in [-0.3, -0.25) is 0 Å². The third-order valence-corrected chi connectivity index (χ3v) is 3.27. The van der Waals surface area contributed by atoms with Crippen molar-refractivity contribution in [3.8, 4) is 5.75 Å². The Labute approximate surface area is 122 Å². The summed E-state index contributed by atoms with van der Waals surface area (Å²) in [7, 11) is 1.56. The number of nitrogen functional groups attached to an aromatic ring is 1. The summed E-state index contributed by atoms with van der Waals surface area (Å²) in [5.41, 5.74) is 6.45. The third kappa shape index (κ3) is 4.70. The van der Waals surface area contributed by atoms with Crippen LogP contribution in [0.15, 0.2) is 12.1 Å². The monoisotopic (exact) mass is 306 g/mol. The van der Waals surface area contributed by atoms with E-state index in [-0.39, 0.29) is 11.7 Å². The van der Waals surface area contributed by atoms with Crippen molar-refractivity contribution in [1.29, 1.82) is 0 Å². The summed E-state index contributed by atoms with van der Waals surface area (Å²) in [6, 6.07) is 2.29. The summed E-state index contributed by atoms with van der Waals surface area (Å²) in [6.45, 7) is 1.81. The minimum atomic E-state index is -3.09. The number of alkyl halides is 2. The Kier molecular flexibility index (Phi) is 6.61. The maximum atomic E-state index is 13.6. The van der Waals surface area contributed by atoms with Gasteiger partial charge in [-0.15, -0.1) is 0 Å². The molecule has 2 N–H and O–H groups in total. The molecule has 0 radical (unpaired) electrons. The van der Waals surface area contributed by atoms with Crippen LogP contribution in [0.4, 0.5) is 24.5 Å². The highest BCUT2D eigenvalue weighted by Gasteiger charge is 2.20. The minimum Gasteiger partial charge on any atom is -0.432 e.